The van der Waals surface area contributed by atoms with Crippen molar-refractivity contribution < 1.29 is 13.7 Å². The van der Waals surface area contributed by atoms with Crippen molar-refractivity contribution in [3.05, 3.63) is 256 Å². The van der Waals surface area contributed by atoms with Gasteiger partial charge in [0.25, 0.3) is 0 Å². The second-order valence-electron chi connectivity index (χ2n) is 18.8. The number of fused-ring (bicyclic) bond motifs is 3. The first-order chi connectivity index (χ1) is 35.4. The zero-order valence-electron chi connectivity index (χ0n) is 40.4. The molecule has 0 aliphatic heterocycles. The number of para-hydroxylation sites is 6. The summed E-state index contributed by atoms with van der Waals surface area (Å²) in [6, 6.07) is 86.4. The molecule has 0 fully saturated rings. The molecule has 0 unspecified atom stereocenters. The molecule has 342 valence electrons. The van der Waals surface area contributed by atoms with Crippen LogP contribution in [-0.4, -0.2) is 13.7 Å². The van der Waals surface area contributed by atoms with Gasteiger partial charge in [0.2, 0.25) is 19.0 Å². The second-order valence-corrected chi connectivity index (χ2v) is 18.8. The molecular weight excluding hydrogens is 877 g/mol. The van der Waals surface area contributed by atoms with Gasteiger partial charge < -0.3 is 0 Å². The number of aryl methyl sites for hydroxylation is 3. The van der Waals surface area contributed by atoms with Gasteiger partial charge in [0, 0.05) is 0 Å². The minimum atomic E-state index is 1.12. The molecule has 0 amide bonds. The minimum absolute atomic E-state index is 1.12. The van der Waals surface area contributed by atoms with Crippen LogP contribution >= 0.6 is 0 Å². The Balaban J connectivity index is 0.939. The van der Waals surface area contributed by atoms with E-state index in [4.69, 9.17) is 0 Å². The van der Waals surface area contributed by atoms with E-state index in [1.54, 1.807) is 0 Å². The summed E-state index contributed by atoms with van der Waals surface area (Å²) in [5.41, 5.74) is 24.5. The highest BCUT2D eigenvalue weighted by atomic mass is 15.1. The maximum absolute atomic E-state index is 2.39. The molecule has 0 bridgehead atoms. The largest absolute Gasteiger partial charge is 0.249 e. The summed E-state index contributed by atoms with van der Waals surface area (Å²) in [5.74, 6) is 0. The summed E-state index contributed by atoms with van der Waals surface area (Å²) in [7, 11) is 6.31. The molecule has 6 heteroatoms. The molecule has 0 spiro atoms. The van der Waals surface area contributed by atoms with Crippen molar-refractivity contribution in [1.29, 1.82) is 0 Å². The topological polar surface area (TPSA) is 26.4 Å². The molecule has 0 N–H and O–H groups in total. The van der Waals surface area contributed by atoms with Gasteiger partial charge in [0.15, 0.2) is 33.1 Å². The van der Waals surface area contributed by atoms with Gasteiger partial charge in [-0.25, -0.2) is 13.7 Å². The van der Waals surface area contributed by atoms with Crippen molar-refractivity contribution in [3.63, 3.8) is 0 Å². The Morgan fingerprint density at radius 2 is 0.458 bits per heavy atom. The highest BCUT2D eigenvalue weighted by Crippen LogP contribution is 2.42. The monoisotopic (exact) mass is 927 g/mol. The molecule has 0 radical (unpaired) electrons. The van der Waals surface area contributed by atoms with Gasteiger partial charge in [-0.2, -0.15) is 13.7 Å². The van der Waals surface area contributed by atoms with Gasteiger partial charge in [0.1, 0.15) is 17.1 Å². The van der Waals surface area contributed by atoms with E-state index in [-0.39, 0.29) is 0 Å². The van der Waals surface area contributed by atoms with Crippen LogP contribution in [0.2, 0.25) is 0 Å². The van der Waals surface area contributed by atoms with Crippen LogP contribution in [0.1, 0.15) is 0 Å². The van der Waals surface area contributed by atoms with Crippen molar-refractivity contribution in [1.82, 2.24) is 13.7 Å². The first-order valence-corrected chi connectivity index (χ1v) is 24.6. The highest BCUT2D eigenvalue weighted by Gasteiger charge is 2.20. The number of aromatic nitrogens is 6. The van der Waals surface area contributed by atoms with E-state index in [2.05, 4.69) is 304 Å². The lowest BCUT2D eigenvalue weighted by atomic mass is 9.86. The van der Waals surface area contributed by atoms with Crippen LogP contribution in [-0.2, 0) is 21.1 Å². The van der Waals surface area contributed by atoms with E-state index in [1.807, 2.05) is 0 Å². The zero-order chi connectivity index (χ0) is 48.3. The SMILES string of the molecule is C[n+]1cn(-c2ccc(-c3ccccc3-c3cc(-c4ccccc4-c4ccc(-n5c[n+](C)c6ccccc65)cc4)cc(-c4ccccc4-c4ccc(-n5c[n+](C)c6ccccc65)cc4)c3)cc2)c2ccccc21. The number of benzene rings is 10. The lowest BCUT2D eigenvalue weighted by molar-refractivity contribution is -0.645. The fourth-order valence-electron chi connectivity index (χ4n) is 10.9. The summed E-state index contributed by atoms with van der Waals surface area (Å²) in [6.07, 6.45) is 6.48. The number of imidazole rings is 3. The van der Waals surface area contributed by atoms with Crippen LogP contribution in [0.4, 0.5) is 0 Å². The number of nitrogens with zero attached hydrogens (tertiary/aromatic N) is 6. The average Bonchev–Trinajstić information content (AvgIpc) is 4.10. The Hall–Kier alpha value is -9.39. The standard InChI is InChI=1S/C66H51N6/c1-67-43-70(64-25-13-10-22-61(64)67)52-34-28-46(29-35-52)55-16-4-7-19-58(55)49-40-50(59-20-8-5-17-56(59)47-30-36-53(37-31-47)71-44-68(2)62-23-11-14-26-65(62)71)42-51(41-49)60-21-9-6-18-57(60)48-32-38-54(39-33-48)72-45-69(3)63-24-12-15-27-66(63)72/h4-45H,1-3H3/q+3. The summed E-state index contributed by atoms with van der Waals surface area (Å²) in [4.78, 5) is 0. The van der Waals surface area contributed by atoms with Gasteiger partial charge in [-0.3, -0.25) is 0 Å². The summed E-state index contributed by atoms with van der Waals surface area (Å²) < 4.78 is 13.3. The van der Waals surface area contributed by atoms with E-state index in [0.717, 1.165) is 50.4 Å². The van der Waals surface area contributed by atoms with E-state index in [0.29, 0.717) is 0 Å². The number of hydrogen-bond acceptors (Lipinski definition) is 0. The Morgan fingerprint density at radius 3 is 0.722 bits per heavy atom. The first kappa shape index (κ1) is 42.7. The normalized spacial score (nSPS) is 11.5. The lowest BCUT2D eigenvalue weighted by Gasteiger charge is -2.18. The summed E-state index contributed by atoms with van der Waals surface area (Å²) in [5, 5.41) is 0. The van der Waals surface area contributed by atoms with Gasteiger partial charge in [0.05, 0.1) is 21.1 Å². The maximum Gasteiger partial charge on any atom is 0.249 e. The second kappa shape index (κ2) is 17.5. The van der Waals surface area contributed by atoms with Gasteiger partial charge in [-0.1, -0.05) is 146 Å². The van der Waals surface area contributed by atoms with Crippen LogP contribution < -0.4 is 13.7 Å². The molecule has 0 saturated heterocycles. The van der Waals surface area contributed by atoms with Crippen LogP contribution in [0, 0.1) is 0 Å². The fraction of sp³-hybridized carbons (Fsp3) is 0.0455. The zero-order valence-corrected chi connectivity index (χ0v) is 40.4. The molecule has 0 saturated carbocycles. The third kappa shape index (κ3) is 7.40. The third-order valence-electron chi connectivity index (χ3n) is 14.4. The van der Waals surface area contributed by atoms with Crippen molar-refractivity contribution in [2.45, 2.75) is 0 Å². The molecule has 3 aromatic heterocycles. The summed E-state index contributed by atoms with van der Waals surface area (Å²) in [6.45, 7) is 0. The van der Waals surface area contributed by atoms with Crippen molar-refractivity contribution in [3.8, 4) is 83.8 Å². The maximum atomic E-state index is 2.39. The van der Waals surface area contributed by atoms with E-state index in [1.165, 1.54) is 66.5 Å². The Bertz CT molecular complexity index is 3730. The quantitative estimate of drug-likeness (QED) is 0.129. The molecule has 72 heavy (non-hydrogen) atoms. The number of hydrogen-bond donors (Lipinski definition) is 0. The molecule has 10 aromatic carbocycles. The molecule has 0 aliphatic rings. The van der Waals surface area contributed by atoms with Gasteiger partial charge in [-0.05, 0) is 158 Å². The molecule has 3 heterocycles. The predicted molar refractivity (Wildman–Crippen MR) is 293 cm³/mol. The van der Waals surface area contributed by atoms with Crippen molar-refractivity contribution in [2.75, 3.05) is 0 Å². The Morgan fingerprint density at radius 1 is 0.236 bits per heavy atom. The molecule has 13 aromatic rings. The molecular formula is C66H51N6+3. The van der Waals surface area contributed by atoms with Crippen molar-refractivity contribution >= 4 is 33.1 Å². The van der Waals surface area contributed by atoms with Gasteiger partial charge in [-0.15, -0.1) is 0 Å². The summed E-state index contributed by atoms with van der Waals surface area (Å²) >= 11 is 0. The van der Waals surface area contributed by atoms with Crippen molar-refractivity contribution in [2.24, 2.45) is 21.1 Å². The first-order valence-electron chi connectivity index (χ1n) is 24.6. The fourth-order valence-corrected chi connectivity index (χ4v) is 10.9. The number of rotatable bonds is 9. The highest BCUT2D eigenvalue weighted by molar-refractivity contribution is 5.94. The van der Waals surface area contributed by atoms with Crippen LogP contribution in [0.5, 0.6) is 0 Å². The Labute approximate surface area is 419 Å². The lowest BCUT2D eigenvalue weighted by Crippen LogP contribution is -2.25. The Kier molecular flexibility index (Phi) is 10.4. The predicted octanol–water partition coefficient (Wildman–Crippen LogP) is 14.0. The van der Waals surface area contributed by atoms with E-state index < -0.39 is 0 Å². The average molecular weight is 928 g/mol. The van der Waals surface area contributed by atoms with Crippen LogP contribution in [0.25, 0.3) is 117 Å². The van der Waals surface area contributed by atoms with Crippen LogP contribution in [0.3, 0.4) is 0 Å². The van der Waals surface area contributed by atoms with Gasteiger partial charge >= 0.3 is 0 Å². The molecule has 13 rings (SSSR count). The third-order valence-corrected chi connectivity index (χ3v) is 14.4. The molecule has 6 nitrogen and oxygen atoms in total. The van der Waals surface area contributed by atoms with E-state index in [9.17, 15) is 0 Å². The smallest absolute Gasteiger partial charge is 0.232 e. The molecule has 0 atom stereocenters. The minimum Gasteiger partial charge on any atom is -0.232 e. The molecule has 0 aliphatic carbocycles. The van der Waals surface area contributed by atoms with E-state index >= 15 is 0 Å². The van der Waals surface area contributed by atoms with Crippen LogP contribution in [0.15, 0.2) is 256 Å².